The average molecular weight is 244 g/mol. The molecule has 13 heavy (non-hydrogen) atoms. The van der Waals surface area contributed by atoms with Gasteiger partial charge in [-0.2, -0.15) is 0 Å². The highest BCUT2D eigenvalue weighted by atomic mass is 79.9. The first kappa shape index (κ1) is 8.74. The predicted octanol–water partition coefficient (Wildman–Crippen LogP) is 1.13. The van der Waals surface area contributed by atoms with Crippen LogP contribution in [0.5, 0.6) is 0 Å². The van der Waals surface area contributed by atoms with Crippen LogP contribution < -0.4 is 10.5 Å². The lowest BCUT2D eigenvalue weighted by Crippen LogP contribution is -2.24. The van der Waals surface area contributed by atoms with Gasteiger partial charge in [0.25, 0.3) is 5.56 Å². The molecule has 0 atom stereocenters. The van der Waals surface area contributed by atoms with Crippen molar-refractivity contribution < 1.29 is 0 Å². The molecule has 5 heteroatoms. The number of halogens is 1. The zero-order valence-corrected chi connectivity index (χ0v) is 8.84. The van der Waals surface area contributed by atoms with Crippen LogP contribution in [0, 0.1) is 0 Å². The fraction of sp³-hybridized carbons (Fsp3) is 0.500. The van der Waals surface area contributed by atoms with Crippen molar-refractivity contribution in [2.24, 2.45) is 0 Å². The molecule has 1 N–H and O–H groups in total. The summed E-state index contributed by atoms with van der Waals surface area (Å²) in [6.45, 7) is 0. The van der Waals surface area contributed by atoms with E-state index in [0.717, 1.165) is 5.82 Å². The van der Waals surface area contributed by atoms with Crippen LogP contribution in [0.3, 0.4) is 0 Å². The normalized spacial score (nSPS) is 15.8. The number of hydrogen-bond acceptors (Lipinski definition) is 3. The summed E-state index contributed by atoms with van der Waals surface area (Å²) >= 11 is 3.23. The average Bonchev–Trinajstić information content (AvgIpc) is 2.91. The van der Waals surface area contributed by atoms with Crippen LogP contribution in [-0.2, 0) is 0 Å². The summed E-state index contributed by atoms with van der Waals surface area (Å²) in [6, 6.07) is 0.561. The zero-order chi connectivity index (χ0) is 9.42. The second-order valence-corrected chi connectivity index (χ2v) is 4.00. The first-order valence-electron chi connectivity index (χ1n) is 4.16. The van der Waals surface area contributed by atoms with E-state index in [0.29, 0.717) is 10.5 Å². The molecule has 0 radical (unpaired) electrons. The van der Waals surface area contributed by atoms with Crippen molar-refractivity contribution >= 4 is 21.7 Å². The van der Waals surface area contributed by atoms with E-state index >= 15 is 0 Å². The topological polar surface area (TPSA) is 49.0 Å². The number of aromatic nitrogens is 2. The van der Waals surface area contributed by atoms with Crippen molar-refractivity contribution in [1.82, 2.24) is 9.97 Å². The van der Waals surface area contributed by atoms with E-state index in [9.17, 15) is 4.79 Å². The van der Waals surface area contributed by atoms with Crippen LogP contribution in [0.2, 0.25) is 0 Å². The number of aromatic amines is 1. The minimum Gasteiger partial charge on any atom is -0.356 e. The Hall–Kier alpha value is -0.840. The molecule has 0 spiro atoms. The SMILES string of the molecule is CN(c1nc[nH]c(=O)c1Br)C1CC1. The molecule has 2 rings (SSSR count). The minimum atomic E-state index is -0.127. The van der Waals surface area contributed by atoms with Crippen LogP contribution in [0.1, 0.15) is 12.8 Å². The smallest absolute Gasteiger partial charge is 0.267 e. The first-order valence-corrected chi connectivity index (χ1v) is 4.95. The van der Waals surface area contributed by atoms with Crippen LogP contribution in [0.4, 0.5) is 5.82 Å². The summed E-state index contributed by atoms with van der Waals surface area (Å²) in [5, 5.41) is 0. The molecule has 70 valence electrons. The Morgan fingerprint density at radius 1 is 1.69 bits per heavy atom. The Morgan fingerprint density at radius 2 is 2.38 bits per heavy atom. The van der Waals surface area contributed by atoms with Gasteiger partial charge in [0.05, 0.1) is 6.33 Å². The third-order valence-electron chi connectivity index (χ3n) is 2.21. The summed E-state index contributed by atoms with van der Waals surface area (Å²) in [6.07, 6.45) is 3.82. The molecule has 0 amide bonds. The molecule has 1 saturated carbocycles. The molecular weight excluding hydrogens is 234 g/mol. The molecule has 1 aromatic heterocycles. The highest BCUT2D eigenvalue weighted by Gasteiger charge is 2.28. The van der Waals surface area contributed by atoms with Crippen LogP contribution in [-0.4, -0.2) is 23.1 Å². The van der Waals surface area contributed by atoms with E-state index in [1.807, 2.05) is 11.9 Å². The van der Waals surface area contributed by atoms with E-state index in [-0.39, 0.29) is 5.56 Å². The third kappa shape index (κ3) is 1.60. The summed E-state index contributed by atoms with van der Waals surface area (Å²) in [4.78, 5) is 19.9. The van der Waals surface area contributed by atoms with Gasteiger partial charge in [0, 0.05) is 13.1 Å². The summed E-state index contributed by atoms with van der Waals surface area (Å²) in [7, 11) is 1.96. The van der Waals surface area contributed by atoms with Gasteiger partial charge in [0.1, 0.15) is 10.3 Å². The van der Waals surface area contributed by atoms with Gasteiger partial charge in [-0.25, -0.2) is 4.98 Å². The zero-order valence-electron chi connectivity index (χ0n) is 7.25. The summed E-state index contributed by atoms with van der Waals surface area (Å²) < 4.78 is 0.518. The maximum Gasteiger partial charge on any atom is 0.267 e. The molecule has 4 nitrogen and oxygen atoms in total. The molecule has 1 aromatic rings. The minimum absolute atomic E-state index is 0.127. The third-order valence-corrected chi connectivity index (χ3v) is 2.92. The van der Waals surface area contributed by atoms with E-state index in [1.165, 1.54) is 19.2 Å². The fourth-order valence-corrected chi connectivity index (χ4v) is 1.75. The van der Waals surface area contributed by atoms with Crippen molar-refractivity contribution in [2.45, 2.75) is 18.9 Å². The fourth-order valence-electron chi connectivity index (χ4n) is 1.25. The second-order valence-electron chi connectivity index (χ2n) is 3.21. The molecule has 0 aliphatic heterocycles. The predicted molar refractivity (Wildman–Crippen MR) is 54.0 cm³/mol. The Bertz CT molecular complexity index is 372. The van der Waals surface area contributed by atoms with Gasteiger partial charge >= 0.3 is 0 Å². The Balaban J connectivity index is 2.38. The molecule has 1 fully saturated rings. The maximum absolute atomic E-state index is 11.2. The lowest BCUT2D eigenvalue weighted by molar-refractivity contribution is 0.875. The van der Waals surface area contributed by atoms with Crippen molar-refractivity contribution in [3.63, 3.8) is 0 Å². The molecule has 0 bridgehead atoms. The van der Waals surface area contributed by atoms with Gasteiger partial charge in [0.15, 0.2) is 0 Å². The molecule has 0 unspecified atom stereocenters. The largest absolute Gasteiger partial charge is 0.356 e. The van der Waals surface area contributed by atoms with Crippen molar-refractivity contribution in [1.29, 1.82) is 0 Å². The first-order chi connectivity index (χ1) is 6.20. The monoisotopic (exact) mass is 243 g/mol. The van der Waals surface area contributed by atoms with E-state index < -0.39 is 0 Å². The number of rotatable bonds is 2. The van der Waals surface area contributed by atoms with Crippen molar-refractivity contribution in [3.8, 4) is 0 Å². The van der Waals surface area contributed by atoms with Crippen LogP contribution >= 0.6 is 15.9 Å². The maximum atomic E-state index is 11.2. The number of nitrogens with zero attached hydrogens (tertiary/aromatic N) is 2. The lowest BCUT2D eigenvalue weighted by atomic mass is 10.5. The van der Waals surface area contributed by atoms with Crippen LogP contribution in [0.25, 0.3) is 0 Å². The van der Waals surface area contributed by atoms with E-state index in [1.54, 1.807) is 0 Å². The van der Waals surface area contributed by atoms with Gasteiger partial charge < -0.3 is 9.88 Å². The van der Waals surface area contributed by atoms with Crippen molar-refractivity contribution in [3.05, 3.63) is 21.2 Å². The summed E-state index contributed by atoms with van der Waals surface area (Å²) in [5.41, 5.74) is -0.127. The molecular formula is C8H10BrN3O. The molecule has 1 heterocycles. The van der Waals surface area contributed by atoms with Gasteiger partial charge in [0.2, 0.25) is 0 Å². The van der Waals surface area contributed by atoms with Gasteiger partial charge in [-0.3, -0.25) is 4.79 Å². The Labute approximate surface area is 84.1 Å². The Morgan fingerprint density at radius 3 is 3.00 bits per heavy atom. The number of anilines is 1. The molecule has 0 aromatic carbocycles. The van der Waals surface area contributed by atoms with Gasteiger partial charge in [-0.15, -0.1) is 0 Å². The van der Waals surface area contributed by atoms with Gasteiger partial charge in [-0.1, -0.05) is 0 Å². The standard InChI is InChI=1S/C8H10BrN3O/c1-12(5-2-3-5)7-6(9)8(13)11-4-10-7/h4-5H,2-3H2,1H3,(H,10,11,13). The highest BCUT2D eigenvalue weighted by Crippen LogP contribution is 2.31. The number of H-pyrrole nitrogens is 1. The second kappa shape index (κ2) is 3.14. The van der Waals surface area contributed by atoms with E-state index in [4.69, 9.17) is 0 Å². The number of hydrogen-bond donors (Lipinski definition) is 1. The highest BCUT2D eigenvalue weighted by molar-refractivity contribution is 9.10. The van der Waals surface area contributed by atoms with Crippen molar-refractivity contribution in [2.75, 3.05) is 11.9 Å². The Kier molecular flexibility index (Phi) is 2.11. The molecule has 0 saturated heterocycles. The molecule has 1 aliphatic carbocycles. The lowest BCUT2D eigenvalue weighted by Gasteiger charge is -2.17. The van der Waals surface area contributed by atoms with E-state index in [2.05, 4.69) is 25.9 Å². The molecule has 1 aliphatic rings. The number of nitrogens with one attached hydrogen (secondary N) is 1. The quantitative estimate of drug-likeness (QED) is 0.848. The summed E-state index contributed by atoms with van der Waals surface area (Å²) in [5.74, 6) is 0.728. The van der Waals surface area contributed by atoms with Crippen LogP contribution in [0.15, 0.2) is 15.6 Å². The van der Waals surface area contributed by atoms with Gasteiger partial charge in [-0.05, 0) is 28.8 Å².